The number of benzene rings is 1. The summed E-state index contributed by atoms with van der Waals surface area (Å²) in [6.07, 6.45) is 1.22. The van der Waals surface area contributed by atoms with E-state index in [0.29, 0.717) is 0 Å². The minimum atomic E-state index is -0.692. The molecule has 1 aromatic rings. The topological polar surface area (TPSA) is 67.8 Å². The number of hydrazone groups is 1. The third kappa shape index (κ3) is 3.44. The van der Waals surface area contributed by atoms with Crippen molar-refractivity contribution in [2.75, 3.05) is 0 Å². The van der Waals surface area contributed by atoms with Gasteiger partial charge in [0.25, 0.3) is 0 Å². The van der Waals surface area contributed by atoms with Crippen molar-refractivity contribution in [3.8, 4) is 0 Å². The predicted octanol–water partition coefficient (Wildman–Crippen LogP) is 1.96. The van der Waals surface area contributed by atoms with Crippen molar-refractivity contribution >= 4 is 23.4 Å². The molecule has 0 fully saturated rings. The van der Waals surface area contributed by atoms with Crippen LogP contribution in [0.4, 0.5) is 14.5 Å². The van der Waals surface area contributed by atoms with E-state index in [0.717, 1.165) is 24.4 Å². The molecule has 1 rings (SSSR count). The van der Waals surface area contributed by atoms with Gasteiger partial charge < -0.3 is 5.84 Å². The zero-order chi connectivity index (χ0) is 12.8. The Balaban J connectivity index is 2.97. The molecule has 0 atom stereocenters. The standard InChI is InChI=1S/C11H11F2N3O/c1-2-11(17)10(16-14)6-15-9-5-7(12)3-4-8(9)13/h3-6H,2,14H2,1H3. The Labute approximate surface area is 96.8 Å². The Hall–Kier alpha value is -2.11. The van der Waals surface area contributed by atoms with E-state index in [4.69, 9.17) is 5.84 Å². The number of nitrogens with zero attached hydrogens (tertiary/aromatic N) is 2. The fraction of sp³-hybridized carbons (Fsp3) is 0.182. The molecule has 0 aromatic heterocycles. The van der Waals surface area contributed by atoms with Gasteiger partial charge in [-0.2, -0.15) is 5.10 Å². The van der Waals surface area contributed by atoms with Crippen molar-refractivity contribution in [3.63, 3.8) is 0 Å². The summed E-state index contributed by atoms with van der Waals surface area (Å²) in [5.74, 6) is 3.35. The summed E-state index contributed by atoms with van der Waals surface area (Å²) in [5, 5.41) is 3.23. The van der Waals surface area contributed by atoms with E-state index in [-0.39, 0.29) is 23.6 Å². The van der Waals surface area contributed by atoms with Crippen LogP contribution in [0.5, 0.6) is 0 Å². The number of Topliss-reactive ketones (excluding diaryl/α,β-unsaturated/α-hetero) is 1. The Bertz CT molecular complexity index is 484. The van der Waals surface area contributed by atoms with Gasteiger partial charge in [-0.3, -0.25) is 9.79 Å². The highest BCUT2D eigenvalue weighted by Gasteiger charge is 2.07. The van der Waals surface area contributed by atoms with Gasteiger partial charge in [0.2, 0.25) is 0 Å². The number of ketones is 1. The zero-order valence-electron chi connectivity index (χ0n) is 9.15. The molecule has 4 nitrogen and oxygen atoms in total. The lowest BCUT2D eigenvalue weighted by Gasteiger charge is -1.97. The van der Waals surface area contributed by atoms with Crippen LogP contribution in [0.2, 0.25) is 0 Å². The molecule has 0 amide bonds. The summed E-state index contributed by atoms with van der Waals surface area (Å²) >= 11 is 0. The number of hydrogen-bond donors (Lipinski definition) is 1. The molecule has 1 aromatic carbocycles. The first-order chi connectivity index (χ1) is 8.08. The number of halogens is 2. The van der Waals surface area contributed by atoms with Gasteiger partial charge in [-0.25, -0.2) is 8.78 Å². The van der Waals surface area contributed by atoms with E-state index in [2.05, 4.69) is 10.1 Å². The highest BCUT2D eigenvalue weighted by atomic mass is 19.1. The van der Waals surface area contributed by atoms with Crippen molar-refractivity contribution in [3.05, 3.63) is 29.8 Å². The van der Waals surface area contributed by atoms with Crippen molar-refractivity contribution in [1.82, 2.24) is 0 Å². The molecule has 0 spiro atoms. The molecular formula is C11H11F2N3O. The van der Waals surface area contributed by atoms with Crippen molar-refractivity contribution in [1.29, 1.82) is 0 Å². The van der Waals surface area contributed by atoms with E-state index < -0.39 is 11.6 Å². The summed E-state index contributed by atoms with van der Waals surface area (Å²) in [7, 11) is 0. The van der Waals surface area contributed by atoms with E-state index in [1.54, 1.807) is 6.92 Å². The molecule has 0 bridgehead atoms. The van der Waals surface area contributed by atoms with Gasteiger partial charge in [0.05, 0.1) is 6.21 Å². The molecule has 0 radical (unpaired) electrons. The van der Waals surface area contributed by atoms with Crippen LogP contribution in [0.15, 0.2) is 28.3 Å². The maximum absolute atomic E-state index is 13.2. The number of carbonyl (C=O) groups is 1. The lowest BCUT2D eigenvalue weighted by atomic mass is 10.2. The van der Waals surface area contributed by atoms with Gasteiger partial charge in [0, 0.05) is 12.5 Å². The molecule has 2 N–H and O–H groups in total. The summed E-state index contributed by atoms with van der Waals surface area (Å²) in [6, 6.07) is 2.84. The Morgan fingerprint density at radius 3 is 2.76 bits per heavy atom. The number of hydrogen-bond acceptors (Lipinski definition) is 4. The van der Waals surface area contributed by atoms with E-state index in [1.165, 1.54) is 0 Å². The molecule has 0 aliphatic carbocycles. The van der Waals surface area contributed by atoms with Gasteiger partial charge >= 0.3 is 0 Å². The second-order valence-corrected chi connectivity index (χ2v) is 3.15. The molecular weight excluding hydrogens is 228 g/mol. The first-order valence-electron chi connectivity index (χ1n) is 4.88. The third-order valence-corrected chi connectivity index (χ3v) is 1.98. The van der Waals surface area contributed by atoms with Gasteiger partial charge in [0.1, 0.15) is 23.0 Å². The highest BCUT2D eigenvalue weighted by molar-refractivity contribution is 6.61. The molecule has 0 aliphatic rings. The minimum absolute atomic E-state index is 0.0869. The van der Waals surface area contributed by atoms with Crippen LogP contribution in [0.3, 0.4) is 0 Å². The third-order valence-electron chi connectivity index (χ3n) is 1.98. The molecule has 17 heavy (non-hydrogen) atoms. The zero-order valence-corrected chi connectivity index (χ0v) is 9.15. The van der Waals surface area contributed by atoms with Crippen LogP contribution in [-0.4, -0.2) is 17.7 Å². The monoisotopic (exact) mass is 239 g/mol. The maximum atomic E-state index is 13.2. The normalized spacial score (nSPS) is 12.1. The van der Waals surface area contributed by atoms with Crippen LogP contribution >= 0.6 is 0 Å². The van der Waals surface area contributed by atoms with Crippen LogP contribution in [0.1, 0.15) is 13.3 Å². The second kappa shape index (κ2) is 5.83. The molecule has 0 heterocycles. The molecule has 0 saturated heterocycles. The molecule has 90 valence electrons. The largest absolute Gasteiger partial charge is 0.323 e. The van der Waals surface area contributed by atoms with Crippen LogP contribution in [0, 0.1) is 11.6 Å². The summed E-state index contributed by atoms with van der Waals surface area (Å²) < 4.78 is 26.0. The number of carbonyl (C=O) groups excluding carboxylic acids is 1. The fourth-order valence-corrected chi connectivity index (χ4v) is 1.07. The second-order valence-electron chi connectivity index (χ2n) is 3.15. The van der Waals surface area contributed by atoms with Gasteiger partial charge in [-0.1, -0.05) is 6.92 Å². The summed E-state index contributed by atoms with van der Waals surface area (Å²) in [6.45, 7) is 1.63. The predicted molar refractivity (Wildman–Crippen MR) is 61.4 cm³/mol. The molecule has 0 aliphatic heterocycles. The fourth-order valence-electron chi connectivity index (χ4n) is 1.07. The smallest absolute Gasteiger partial charge is 0.184 e. The quantitative estimate of drug-likeness (QED) is 0.495. The molecule has 6 heteroatoms. The minimum Gasteiger partial charge on any atom is -0.323 e. The summed E-state index contributed by atoms with van der Waals surface area (Å²) in [5.41, 5.74) is -0.300. The molecule has 0 saturated carbocycles. The van der Waals surface area contributed by atoms with Crippen molar-refractivity contribution in [2.45, 2.75) is 13.3 Å². The summed E-state index contributed by atoms with van der Waals surface area (Å²) in [4.78, 5) is 14.9. The SMILES string of the molecule is CCC(=O)C(C=Nc1cc(F)ccc1F)=NN. The molecule has 0 unspecified atom stereocenters. The maximum Gasteiger partial charge on any atom is 0.184 e. The highest BCUT2D eigenvalue weighted by Crippen LogP contribution is 2.17. The Morgan fingerprint density at radius 2 is 2.18 bits per heavy atom. The first-order valence-corrected chi connectivity index (χ1v) is 4.88. The van der Waals surface area contributed by atoms with Crippen LogP contribution in [0.25, 0.3) is 0 Å². The number of nitrogens with two attached hydrogens (primary N) is 1. The van der Waals surface area contributed by atoms with Crippen molar-refractivity contribution < 1.29 is 13.6 Å². The average molecular weight is 239 g/mol. The van der Waals surface area contributed by atoms with Crippen molar-refractivity contribution in [2.24, 2.45) is 15.9 Å². The lowest BCUT2D eigenvalue weighted by Crippen LogP contribution is -2.16. The lowest BCUT2D eigenvalue weighted by molar-refractivity contribution is -0.112. The van der Waals surface area contributed by atoms with E-state index in [1.807, 2.05) is 0 Å². The number of rotatable bonds is 4. The average Bonchev–Trinajstić information content (AvgIpc) is 2.33. The van der Waals surface area contributed by atoms with Crippen LogP contribution < -0.4 is 5.84 Å². The van der Waals surface area contributed by atoms with Gasteiger partial charge in [-0.15, -0.1) is 0 Å². The van der Waals surface area contributed by atoms with E-state index >= 15 is 0 Å². The Kier molecular flexibility index (Phi) is 4.45. The van der Waals surface area contributed by atoms with Gasteiger partial charge in [0.15, 0.2) is 5.78 Å². The van der Waals surface area contributed by atoms with Gasteiger partial charge in [-0.05, 0) is 12.1 Å². The first kappa shape index (κ1) is 13.0. The van der Waals surface area contributed by atoms with E-state index in [9.17, 15) is 13.6 Å². The number of aliphatic imine (C=N–C) groups is 1. The Morgan fingerprint density at radius 1 is 1.47 bits per heavy atom. The van der Waals surface area contributed by atoms with Crippen LogP contribution in [-0.2, 0) is 4.79 Å².